The molecule has 1 aromatic carbocycles. The number of halogens is 2. The van der Waals surface area contributed by atoms with Crippen LogP contribution in [0.5, 0.6) is 0 Å². The molecule has 19 heavy (non-hydrogen) atoms. The smallest absolute Gasteiger partial charge is 0.255 e. The van der Waals surface area contributed by atoms with Crippen LogP contribution in [-0.4, -0.2) is 23.9 Å². The van der Waals surface area contributed by atoms with Gasteiger partial charge in [0.05, 0.1) is 35.6 Å². The van der Waals surface area contributed by atoms with Gasteiger partial charge in [-0.2, -0.15) is 10.5 Å². The van der Waals surface area contributed by atoms with Crippen molar-refractivity contribution in [1.82, 2.24) is 4.90 Å². The third-order valence-corrected chi connectivity index (χ3v) is 3.75. The van der Waals surface area contributed by atoms with E-state index in [0.717, 1.165) is 0 Å². The quantitative estimate of drug-likeness (QED) is 0.825. The number of nitrogens with zero attached hydrogens (tertiary/aromatic N) is 3. The van der Waals surface area contributed by atoms with E-state index in [2.05, 4.69) is 15.9 Å². The predicted molar refractivity (Wildman–Crippen MR) is 75.5 cm³/mol. The summed E-state index contributed by atoms with van der Waals surface area (Å²) in [6, 6.07) is 9.06. The molecular formula is C13H11BrClN3O. The molecule has 0 N–H and O–H groups in total. The molecule has 0 spiro atoms. The molecule has 0 bridgehead atoms. The molecule has 1 amide bonds. The fourth-order valence-electron chi connectivity index (χ4n) is 1.52. The average molecular weight is 341 g/mol. The summed E-state index contributed by atoms with van der Waals surface area (Å²) in [5.74, 6) is -0.267. The van der Waals surface area contributed by atoms with Crippen molar-refractivity contribution in [2.24, 2.45) is 0 Å². The van der Waals surface area contributed by atoms with Crippen LogP contribution in [0.15, 0.2) is 22.7 Å². The fraction of sp³-hybridized carbons (Fsp3) is 0.308. The number of rotatable bonds is 5. The molecule has 0 radical (unpaired) electrons. The SMILES string of the molecule is N#CCCN(CCC#N)C(=O)c1cccc(Br)c1Cl. The molecular weight excluding hydrogens is 330 g/mol. The molecule has 1 aromatic rings. The summed E-state index contributed by atoms with van der Waals surface area (Å²) in [5.41, 5.74) is 0.368. The van der Waals surface area contributed by atoms with Crippen molar-refractivity contribution >= 4 is 33.4 Å². The maximum Gasteiger partial charge on any atom is 0.255 e. The van der Waals surface area contributed by atoms with Gasteiger partial charge in [-0.15, -0.1) is 0 Å². The summed E-state index contributed by atoms with van der Waals surface area (Å²) in [4.78, 5) is 13.8. The Balaban J connectivity index is 2.95. The van der Waals surface area contributed by atoms with Gasteiger partial charge in [0.15, 0.2) is 0 Å². The molecule has 0 saturated heterocycles. The van der Waals surface area contributed by atoms with Gasteiger partial charge in [0.2, 0.25) is 0 Å². The summed E-state index contributed by atoms with van der Waals surface area (Å²) in [6.07, 6.45) is 0.450. The number of nitriles is 2. The fourth-order valence-corrected chi connectivity index (χ4v) is 2.10. The van der Waals surface area contributed by atoms with Gasteiger partial charge in [-0.3, -0.25) is 4.79 Å². The molecule has 6 heteroatoms. The van der Waals surface area contributed by atoms with Crippen LogP contribution < -0.4 is 0 Å². The molecule has 0 atom stereocenters. The van der Waals surface area contributed by atoms with Crippen LogP contribution in [0.2, 0.25) is 5.02 Å². The maximum absolute atomic E-state index is 12.3. The Hall–Kier alpha value is -1.56. The lowest BCUT2D eigenvalue weighted by molar-refractivity contribution is 0.0762. The van der Waals surface area contributed by atoms with Crippen molar-refractivity contribution < 1.29 is 4.79 Å². The minimum atomic E-state index is -0.267. The second-order valence-corrected chi connectivity index (χ2v) is 4.94. The van der Waals surface area contributed by atoms with Crippen LogP contribution in [0, 0.1) is 22.7 Å². The van der Waals surface area contributed by atoms with E-state index in [1.165, 1.54) is 4.90 Å². The molecule has 0 aliphatic rings. The highest BCUT2D eigenvalue weighted by Crippen LogP contribution is 2.27. The third kappa shape index (κ3) is 4.24. The molecule has 4 nitrogen and oxygen atoms in total. The molecule has 0 unspecified atom stereocenters. The van der Waals surface area contributed by atoms with Gasteiger partial charge in [0.1, 0.15) is 0 Å². The first-order valence-corrected chi connectivity index (χ1v) is 6.76. The van der Waals surface area contributed by atoms with Gasteiger partial charge in [0.25, 0.3) is 5.91 Å². The van der Waals surface area contributed by atoms with Gasteiger partial charge in [0, 0.05) is 17.6 Å². The summed E-state index contributed by atoms with van der Waals surface area (Å²) in [7, 11) is 0. The molecule has 0 heterocycles. The first-order valence-electron chi connectivity index (χ1n) is 5.59. The molecule has 0 aromatic heterocycles. The lowest BCUT2D eigenvalue weighted by Crippen LogP contribution is -2.33. The molecule has 98 valence electrons. The number of carbonyl (C=O) groups is 1. The van der Waals surface area contributed by atoms with Gasteiger partial charge in [-0.05, 0) is 28.1 Å². The zero-order valence-corrected chi connectivity index (χ0v) is 12.4. The van der Waals surface area contributed by atoms with Gasteiger partial charge >= 0.3 is 0 Å². The van der Waals surface area contributed by atoms with E-state index in [1.807, 2.05) is 12.1 Å². The van der Waals surface area contributed by atoms with Crippen LogP contribution in [0.1, 0.15) is 23.2 Å². The number of hydrogen-bond acceptors (Lipinski definition) is 3. The molecule has 0 aliphatic heterocycles. The number of amides is 1. The largest absolute Gasteiger partial charge is 0.337 e. The zero-order chi connectivity index (χ0) is 14.3. The highest BCUT2D eigenvalue weighted by molar-refractivity contribution is 9.10. The van der Waals surface area contributed by atoms with Crippen molar-refractivity contribution in [2.45, 2.75) is 12.8 Å². The first kappa shape index (κ1) is 15.5. The zero-order valence-electron chi connectivity index (χ0n) is 10.1. The highest BCUT2D eigenvalue weighted by Gasteiger charge is 2.18. The second kappa shape index (κ2) is 7.78. The van der Waals surface area contributed by atoms with Crippen molar-refractivity contribution in [2.75, 3.05) is 13.1 Å². The normalized spacial score (nSPS) is 9.47. The Kier molecular flexibility index (Phi) is 6.35. The van der Waals surface area contributed by atoms with E-state index in [9.17, 15) is 4.79 Å². The Morgan fingerprint density at radius 2 is 1.84 bits per heavy atom. The van der Waals surface area contributed by atoms with E-state index in [0.29, 0.717) is 28.1 Å². The van der Waals surface area contributed by atoms with Crippen molar-refractivity contribution in [3.05, 3.63) is 33.3 Å². The van der Waals surface area contributed by atoms with Gasteiger partial charge < -0.3 is 4.90 Å². The summed E-state index contributed by atoms with van der Waals surface area (Å²) in [5, 5.41) is 17.5. The van der Waals surface area contributed by atoms with Crippen LogP contribution in [0.25, 0.3) is 0 Å². The van der Waals surface area contributed by atoms with E-state index in [-0.39, 0.29) is 18.7 Å². The average Bonchev–Trinajstić information content (AvgIpc) is 2.41. The van der Waals surface area contributed by atoms with Crippen LogP contribution in [0.3, 0.4) is 0 Å². The van der Waals surface area contributed by atoms with Gasteiger partial charge in [-0.1, -0.05) is 17.7 Å². The predicted octanol–water partition coefficient (Wildman–Crippen LogP) is 3.37. The van der Waals surface area contributed by atoms with Crippen molar-refractivity contribution in [3.63, 3.8) is 0 Å². The second-order valence-electron chi connectivity index (χ2n) is 3.71. The number of carbonyl (C=O) groups excluding carboxylic acids is 1. The first-order chi connectivity index (χ1) is 9.11. The molecule has 0 saturated carbocycles. The van der Waals surface area contributed by atoms with E-state index < -0.39 is 0 Å². The van der Waals surface area contributed by atoms with Crippen molar-refractivity contribution in [3.8, 4) is 12.1 Å². The highest BCUT2D eigenvalue weighted by atomic mass is 79.9. The standard InChI is InChI=1S/C13H11BrClN3O/c14-11-5-1-4-10(12(11)15)13(19)18(8-2-6-16)9-3-7-17/h1,4-5H,2-3,8-9H2. The van der Waals surface area contributed by atoms with E-state index in [1.54, 1.807) is 18.2 Å². The third-order valence-electron chi connectivity index (χ3n) is 2.46. The van der Waals surface area contributed by atoms with Crippen molar-refractivity contribution in [1.29, 1.82) is 10.5 Å². The summed E-state index contributed by atoms with van der Waals surface area (Å²) in [6.45, 7) is 0.583. The van der Waals surface area contributed by atoms with E-state index >= 15 is 0 Å². The molecule has 1 rings (SSSR count). The number of benzene rings is 1. The summed E-state index contributed by atoms with van der Waals surface area (Å²) < 4.78 is 0.639. The topological polar surface area (TPSA) is 67.9 Å². The lowest BCUT2D eigenvalue weighted by Gasteiger charge is -2.21. The van der Waals surface area contributed by atoms with Crippen LogP contribution in [-0.2, 0) is 0 Å². The Labute approximate surface area is 125 Å². The maximum atomic E-state index is 12.3. The lowest BCUT2D eigenvalue weighted by atomic mass is 10.2. The number of hydrogen-bond donors (Lipinski definition) is 0. The summed E-state index contributed by atoms with van der Waals surface area (Å²) >= 11 is 9.34. The van der Waals surface area contributed by atoms with Gasteiger partial charge in [-0.25, -0.2) is 0 Å². The Morgan fingerprint density at radius 3 is 2.37 bits per heavy atom. The minimum absolute atomic E-state index is 0.225. The molecule has 0 fully saturated rings. The van der Waals surface area contributed by atoms with E-state index in [4.69, 9.17) is 22.1 Å². The van der Waals surface area contributed by atoms with Crippen LogP contribution in [0.4, 0.5) is 0 Å². The van der Waals surface area contributed by atoms with Crippen LogP contribution >= 0.6 is 27.5 Å². The Morgan fingerprint density at radius 1 is 1.26 bits per heavy atom. The minimum Gasteiger partial charge on any atom is -0.337 e. The molecule has 0 aliphatic carbocycles. The Bertz CT molecular complexity index is 530. The monoisotopic (exact) mass is 339 g/mol.